The summed E-state index contributed by atoms with van der Waals surface area (Å²) in [4.78, 5) is 10.2. The molecule has 220 valence electrons. The molecular formula is C36H45N5O. The third kappa shape index (κ3) is 5.47. The highest BCUT2D eigenvalue weighted by atomic mass is 16.5. The minimum atomic E-state index is -0.429. The highest BCUT2D eigenvalue weighted by molar-refractivity contribution is 5.60. The predicted octanol–water partition coefficient (Wildman–Crippen LogP) is 9.19. The third-order valence-corrected chi connectivity index (χ3v) is 8.10. The van der Waals surface area contributed by atoms with Crippen molar-refractivity contribution in [3.8, 4) is 17.2 Å². The Morgan fingerprint density at radius 1 is 0.833 bits per heavy atom. The van der Waals surface area contributed by atoms with Crippen LogP contribution >= 0.6 is 0 Å². The number of hydrogen-bond acceptors (Lipinski definition) is 4. The van der Waals surface area contributed by atoms with Gasteiger partial charge in [-0.25, -0.2) is 9.67 Å². The number of aryl methyl sites for hydroxylation is 2. The van der Waals surface area contributed by atoms with Crippen LogP contribution in [0.25, 0.3) is 11.3 Å². The lowest BCUT2D eigenvalue weighted by atomic mass is 9.79. The fourth-order valence-electron chi connectivity index (χ4n) is 5.75. The van der Waals surface area contributed by atoms with Crippen molar-refractivity contribution in [2.45, 2.75) is 98.8 Å². The minimum absolute atomic E-state index is 0.0213. The topological polar surface area (TPSA) is 57.2 Å². The zero-order valence-electron chi connectivity index (χ0n) is 27.1. The van der Waals surface area contributed by atoms with Gasteiger partial charge in [0, 0.05) is 34.6 Å². The molecule has 0 unspecified atom stereocenters. The normalized spacial score (nSPS) is 12.6. The predicted molar refractivity (Wildman–Crippen MR) is 172 cm³/mol. The second-order valence-electron chi connectivity index (χ2n) is 13.7. The molecule has 5 aromatic rings. The maximum atomic E-state index is 6.64. The number of hydrogen-bond donors (Lipinski definition) is 0. The molecule has 0 aliphatic rings. The Balaban J connectivity index is 1.70. The van der Waals surface area contributed by atoms with Crippen molar-refractivity contribution in [2.24, 2.45) is 0 Å². The van der Waals surface area contributed by atoms with Gasteiger partial charge in [-0.05, 0) is 73.1 Å². The molecule has 0 aliphatic carbocycles. The van der Waals surface area contributed by atoms with Crippen molar-refractivity contribution in [2.75, 3.05) is 0 Å². The van der Waals surface area contributed by atoms with E-state index in [0.29, 0.717) is 11.8 Å². The van der Waals surface area contributed by atoms with Crippen LogP contribution in [0.3, 0.4) is 0 Å². The fourth-order valence-corrected chi connectivity index (χ4v) is 5.75. The summed E-state index contributed by atoms with van der Waals surface area (Å²) in [6, 6.07) is 16.7. The van der Waals surface area contributed by atoms with Gasteiger partial charge in [0.1, 0.15) is 17.1 Å². The molecule has 0 bridgehead atoms. The second-order valence-corrected chi connectivity index (χ2v) is 13.7. The molecule has 0 spiro atoms. The molecule has 0 saturated carbocycles. The van der Waals surface area contributed by atoms with Gasteiger partial charge in [-0.1, -0.05) is 68.4 Å². The van der Waals surface area contributed by atoms with Gasteiger partial charge in [-0.15, -0.1) is 0 Å². The van der Waals surface area contributed by atoms with Crippen molar-refractivity contribution in [3.05, 3.63) is 101 Å². The lowest BCUT2D eigenvalue weighted by Gasteiger charge is -2.28. The lowest BCUT2D eigenvalue weighted by Crippen LogP contribution is -2.23. The Morgan fingerprint density at radius 3 is 2.19 bits per heavy atom. The van der Waals surface area contributed by atoms with Crippen LogP contribution in [0.2, 0.25) is 0 Å². The van der Waals surface area contributed by atoms with Gasteiger partial charge in [-0.3, -0.25) is 9.38 Å². The van der Waals surface area contributed by atoms with Gasteiger partial charge in [0.05, 0.1) is 29.0 Å². The Bertz CT molecular complexity index is 1750. The molecule has 0 fully saturated rings. The molecule has 0 N–H and O–H groups in total. The fraction of sp³-hybridized carbons (Fsp3) is 0.417. The molecule has 0 amide bonds. The number of rotatable bonds is 7. The number of ether oxygens (including phenoxy) is 1. The molecule has 0 saturated heterocycles. The van der Waals surface area contributed by atoms with Gasteiger partial charge in [0.15, 0.2) is 0 Å². The first-order valence-corrected chi connectivity index (χ1v) is 15.0. The van der Waals surface area contributed by atoms with Crippen LogP contribution in [-0.2, 0) is 10.8 Å². The van der Waals surface area contributed by atoms with Crippen molar-refractivity contribution < 1.29 is 4.74 Å². The second kappa shape index (κ2) is 10.7. The van der Waals surface area contributed by atoms with Crippen molar-refractivity contribution in [1.29, 1.82) is 0 Å². The van der Waals surface area contributed by atoms with E-state index in [1.807, 2.05) is 36.0 Å². The molecule has 4 aromatic heterocycles. The average molecular weight is 564 g/mol. The summed E-state index contributed by atoms with van der Waals surface area (Å²) in [5.41, 5.74) is 9.30. The lowest BCUT2D eigenvalue weighted by molar-refractivity contribution is 0.475. The smallest absolute Gasteiger partial charge is 0.144 e. The molecule has 0 radical (unpaired) electrons. The van der Waals surface area contributed by atoms with Gasteiger partial charge < -0.3 is 4.74 Å². The van der Waals surface area contributed by atoms with Crippen LogP contribution in [0.5, 0.6) is 11.5 Å². The number of fused-ring (bicyclic) bond motifs is 1. The van der Waals surface area contributed by atoms with Crippen molar-refractivity contribution in [3.63, 3.8) is 0 Å². The van der Waals surface area contributed by atoms with Crippen LogP contribution in [-0.4, -0.2) is 24.1 Å². The molecule has 6 nitrogen and oxygen atoms in total. The molecule has 0 aliphatic heterocycles. The van der Waals surface area contributed by atoms with Crippen LogP contribution in [0, 0.1) is 13.8 Å². The highest BCUT2D eigenvalue weighted by Gasteiger charge is 2.32. The van der Waals surface area contributed by atoms with E-state index in [-0.39, 0.29) is 5.41 Å². The first-order chi connectivity index (χ1) is 19.7. The van der Waals surface area contributed by atoms with E-state index in [4.69, 9.17) is 14.7 Å². The van der Waals surface area contributed by atoms with Gasteiger partial charge in [0.2, 0.25) is 0 Å². The zero-order valence-corrected chi connectivity index (χ0v) is 27.1. The van der Waals surface area contributed by atoms with Crippen molar-refractivity contribution in [1.82, 2.24) is 24.1 Å². The Labute approximate surface area is 250 Å². The van der Waals surface area contributed by atoms with E-state index in [1.165, 1.54) is 11.3 Å². The summed E-state index contributed by atoms with van der Waals surface area (Å²) < 4.78 is 10.8. The first-order valence-electron chi connectivity index (χ1n) is 15.0. The summed E-state index contributed by atoms with van der Waals surface area (Å²) in [7, 11) is 0. The van der Waals surface area contributed by atoms with E-state index in [2.05, 4.69) is 115 Å². The van der Waals surface area contributed by atoms with Gasteiger partial charge >= 0.3 is 0 Å². The first kappa shape index (κ1) is 29.6. The summed E-state index contributed by atoms with van der Waals surface area (Å²) in [6.07, 6.45) is 4.03. The molecule has 0 atom stereocenters. The van der Waals surface area contributed by atoms with Crippen LogP contribution < -0.4 is 4.74 Å². The number of pyridine rings is 2. The highest BCUT2D eigenvalue weighted by Crippen LogP contribution is 2.40. The molecule has 1 aromatic carbocycles. The summed E-state index contributed by atoms with van der Waals surface area (Å²) in [5, 5.41) is 4.67. The molecular weight excluding hydrogens is 518 g/mol. The summed E-state index contributed by atoms with van der Waals surface area (Å²) >= 11 is 0. The number of nitrogens with zero attached hydrogens (tertiary/aromatic N) is 5. The molecule has 6 heteroatoms. The van der Waals surface area contributed by atoms with Gasteiger partial charge in [-0.2, -0.15) is 5.10 Å². The Morgan fingerprint density at radius 2 is 1.57 bits per heavy atom. The van der Waals surface area contributed by atoms with E-state index in [0.717, 1.165) is 51.2 Å². The maximum Gasteiger partial charge on any atom is 0.144 e. The Kier molecular flexibility index (Phi) is 7.55. The average Bonchev–Trinajstić information content (AvgIpc) is 3.47. The number of imidazole rings is 1. The van der Waals surface area contributed by atoms with E-state index < -0.39 is 5.41 Å². The van der Waals surface area contributed by atoms with E-state index >= 15 is 0 Å². The SMILES string of the molecule is Cc1cc(C)n(-c2cccc(Oc3cc(C(C)(C)c4cc(C(C)(C)C)ccn4)c4nc(C(C)C)c(C(C)C)n4c3)c2)n1. The maximum absolute atomic E-state index is 6.64. The third-order valence-electron chi connectivity index (χ3n) is 8.10. The van der Waals surface area contributed by atoms with Crippen molar-refractivity contribution >= 4 is 5.65 Å². The molecule has 4 heterocycles. The number of benzene rings is 1. The standard InChI is InChI=1S/C36H45N5O/c1-22(2)32-33(23(3)4)40-21-29(42-28-14-12-13-27(19-28)41-25(6)17-24(5)39-41)20-30(34(40)38-32)36(10,11)31-18-26(15-16-37-31)35(7,8)9/h12-23H,1-11H3. The quantitative estimate of drug-likeness (QED) is 0.198. The number of aromatic nitrogens is 5. The van der Waals surface area contributed by atoms with Crippen LogP contribution in [0.4, 0.5) is 0 Å². The monoisotopic (exact) mass is 563 g/mol. The van der Waals surface area contributed by atoms with E-state index in [9.17, 15) is 0 Å². The molecule has 42 heavy (non-hydrogen) atoms. The summed E-state index contributed by atoms with van der Waals surface area (Å²) in [6.45, 7) is 24.2. The van der Waals surface area contributed by atoms with Crippen LogP contribution in [0.1, 0.15) is 114 Å². The zero-order chi connectivity index (χ0) is 30.6. The largest absolute Gasteiger partial charge is 0.456 e. The van der Waals surface area contributed by atoms with Crippen LogP contribution in [0.15, 0.2) is 60.9 Å². The minimum Gasteiger partial charge on any atom is -0.456 e. The Hall–Kier alpha value is -3.93. The van der Waals surface area contributed by atoms with Gasteiger partial charge in [0.25, 0.3) is 0 Å². The molecule has 5 rings (SSSR count). The van der Waals surface area contributed by atoms with E-state index in [1.54, 1.807) is 0 Å². The summed E-state index contributed by atoms with van der Waals surface area (Å²) in [5.74, 6) is 2.10.